The lowest BCUT2D eigenvalue weighted by Gasteiger charge is -2.27. The van der Waals surface area contributed by atoms with E-state index in [1.807, 2.05) is 47.8 Å². The van der Waals surface area contributed by atoms with Crippen LogP contribution in [-0.4, -0.2) is 41.9 Å². The van der Waals surface area contributed by atoms with Crippen molar-refractivity contribution in [3.8, 4) is 11.3 Å². The molecule has 1 unspecified atom stereocenters. The fourth-order valence-electron chi connectivity index (χ4n) is 3.40. The molecule has 4 rings (SSSR count). The second-order valence-corrected chi connectivity index (χ2v) is 10.1. The number of amides is 1. The van der Waals surface area contributed by atoms with Crippen molar-refractivity contribution in [3.05, 3.63) is 64.5 Å². The van der Waals surface area contributed by atoms with Crippen LogP contribution in [0.25, 0.3) is 11.3 Å². The molecule has 3 heterocycles. The Balaban J connectivity index is 1.51. The Kier molecular flexibility index (Phi) is 5.32. The summed E-state index contributed by atoms with van der Waals surface area (Å²) >= 11 is 1.56. The largest absolute Gasteiger partial charge is 0.360 e. The summed E-state index contributed by atoms with van der Waals surface area (Å²) in [5.41, 5.74) is 1.60. The Morgan fingerprint density at radius 3 is 2.71 bits per heavy atom. The number of nitrogens with zero attached hydrogens (tertiary/aromatic N) is 2. The summed E-state index contributed by atoms with van der Waals surface area (Å²) in [5.74, 6) is 0.481. The molecular weight excluding hydrogens is 396 g/mol. The summed E-state index contributed by atoms with van der Waals surface area (Å²) < 4.78 is 29.2. The van der Waals surface area contributed by atoms with Gasteiger partial charge in [-0.05, 0) is 17.9 Å². The van der Waals surface area contributed by atoms with Gasteiger partial charge in [0, 0.05) is 22.5 Å². The first-order chi connectivity index (χ1) is 13.5. The van der Waals surface area contributed by atoms with E-state index in [9.17, 15) is 13.2 Å². The fourth-order valence-corrected chi connectivity index (χ4v) is 5.84. The van der Waals surface area contributed by atoms with Gasteiger partial charge < -0.3 is 9.42 Å². The van der Waals surface area contributed by atoms with Crippen molar-refractivity contribution >= 4 is 27.1 Å². The van der Waals surface area contributed by atoms with Crippen LogP contribution in [0.2, 0.25) is 0 Å². The van der Waals surface area contributed by atoms with E-state index in [0.29, 0.717) is 24.4 Å². The fraction of sp³-hybridized carbons (Fsp3) is 0.300. The maximum atomic E-state index is 13.0. The maximum Gasteiger partial charge on any atom is 0.230 e. The number of aromatic nitrogens is 1. The number of hydrogen-bond acceptors (Lipinski definition) is 6. The van der Waals surface area contributed by atoms with Crippen LogP contribution < -0.4 is 0 Å². The quantitative estimate of drug-likeness (QED) is 0.617. The lowest BCUT2D eigenvalue weighted by molar-refractivity contribution is -0.133. The lowest BCUT2D eigenvalue weighted by atomic mass is 10.1. The van der Waals surface area contributed by atoms with Crippen LogP contribution in [0.3, 0.4) is 0 Å². The van der Waals surface area contributed by atoms with Gasteiger partial charge in [0.1, 0.15) is 11.5 Å². The van der Waals surface area contributed by atoms with Gasteiger partial charge in [-0.3, -0.25) is 4.79 Å². The molecule has 1 saturated heterocycles. The molecule has 0 N–H and O–H groups in total. The summed E-state index contributed by atoms with van der Waals surface area (Å²) in [7, 11) is -3.08. The van der Waals surface area contributed by atoms with E-state index in [-0.39, 0.29) is 29.9 Å². The molecule has 1 amide bonds. The van der Waals surface area contributed by atoms with Gasteiger partial charge in [-0.25, -0.2) is 8.42 Å². The summed E-state index contributed by atoms with van der Waals surface area (Å²) in [6.07, 6.45) is 0.535. The van der Waals surface area contributed by atoms with Gasteiger partial charge in [-0.15, -0.1) is 11.3 Å². The van der Waals surface area contributed by atoms with Crippen molar-refractivity contribution in [3.63, 3.8) is 0 Å². The molecule has 0 bridgehead atoms. The molecule has 0 saturated carbocycles. The normalized spacial score (nSPS) is 18.2. The van der Waals surface area contributed by atoms with E-state index in [2.05, 4.69) is 5.16 Å². The summed E-state index contributed by atoms with van der Waals surface area (Å²) in [6.45, 7) is 0.413. The zero-order valence-corrected chi connectivity index (χ0v) is 16.8. The van der Waals surface area contributed by atoms with Crippen molar-refractivity contribution in [2.24, 2.45) is 0 Å². The average Bonchev–Trinajstić information content (AvgIpc) is 3.42. The molecular formula is C20H20N2O4S2. The van der Waals surface area contributed by atoms with Crippen molar-refractivity contribution in [2.75, 3.05) is 11.5 Å². The van der Waals surface area contributed by atoms with Crippen molar-refractivity contribution in [2.45, 2.75) is 25.4 Å². The number of hydrogen-bond donors (Lipinski definition) is 0. The van der Waals surface area contributed by atoms with E-state index in [1.165, 1.54) is 0 Å². The van der Waals surface area contributed by atoms with E-state index in [1.54, 1.807) is 22.3 Å². The van der Waals surface area contributed by atoms with Gasteiger partial charge in [0.15, 0.2) is 9.84 Å². The standard InChI is InChI=1S/C20H20N2O4S2/c23-20(12-17-11-19(21-26-17)15-5-2-1-3-6-15)22(13-18-7-4-9-27-18)16-8-10-28(24,25)14-16/h1-7,9,11,16H,8,10,12-14H2. The molecule has 146 valence electrons. The van der Waals surface area contributed by atoms with Gasteiger partial charge in [-0.2, -0.15) is 0 Å². The Morgan fingerprint density at radius 1 is 1.21 bits per heavy atom. The van der Waals surface area contributed by atoms with E-state index >= 15 is 0 Å². The Bertz CT molecular complexity index is 1040. The molecule has 3 aromatic rings. The minimum absolute atomic E-state index is 0.0236. The van der Waals surface area contributed by atoms with E-state index in [0.717, 1.165) is 10.4 Å². The third kappa shape index (κ3) is 4.34. The Morgan fingerprint density at radius 2 is 2.04 bits per heavy atom. The molecule has 1 aliphatic heterocycles. The van der Waals surface area contributed by atoms with Gasteiger partial charge >= 0.3 is 0 Å². The van der Waals surface area contributed by atoms with Gasteiger partial charge in [0.25, 0.3) is 0 Å². The number of carbonyl (C=O) groups is 1. The van der Waals surface area contributed by atoms with Crippen molar-refractivity contribution < 1.29 is 17.7 Å². The zero-order valence-electron chi connectivity index (χ0n) is 15.2. The highest BCUT2D eigenvalue weighted by Gasteiger charge is 2.35. The third-order valence-electron chi connectivity index (χ3n) is 4.83. The predicted molar refractivity (Wildman–Crippen MR) is 108 cm³/mol. The summed E-state index contributed by atoms with van der Waals surface area (Å²) in [4.78, 5) is 15.7. The van der Waals surface area contributed by atoms with Crippen LogP contribution >= 0.6 is 11.3 Å². The molecule has 28 heavy (non-hydrogen) atoms. The van der Waals surface area contributed by atoms with E-state index in [4.69, 9.17) is 4.52 Å². The van der Waals surface area contributed by atoms with Crippen molar-refractivity contribution in [1.29, 1.82) is 0 Å². The van der Waals surface area contributed by atoms with E-state index < -0.39 is 9.84 Å². The average molecular weight is 417 g/mol. The molecule has 1 fully saturated rings. The van der Waals surface area contributed by atoms with Crippen LogP contribution in [-0.2, 0) is 27.6 Å². The predicted octanol–water partition coefficient (Wildman–Crippen LogP) is 3.16. The van der Waals surface area contributed by atoms with Crippen LogP contribution in [0.15, 0.2) is 58.4 Å². The topological polar surface area (TPSA) is 80.5 Å². The van der Waals surface area contributed by atoms with Crippen LogP contribution in [0.4, 0.5) is 0 Å². The highest BCUT2D eigenvalue weighted by molar-refractivity contribution is 7.91. The van der Waals surface area contributed by atoms with Crippen molar-refractivity contribution in [1.82, 2.24) is 10.1 Å². The van der Waals surface area contributed by atoms with Crippen LogP contribution in [0, 0.1) is 0 Å². The van der Waals surface area contributed by atoms with Gasteiger partial charge in [0.05, 0.1) is 24.5 Å². The Labute approximate surface area is 167 Å². The van der Waals surface area contributed by atoms with Gasteiger partial charge in [0.2, 0.25) is 5.91 Å². The third-order valence-corrected chi connectivity index (χ3v) is 7.44. The van der Waals surface area contributed by atoms with Crippen LogP contribution in [0.1, 0.15) is 17.1 Å². The number of benzene rings is 1. The first-order valence-electron chi connectivity index (χ1n) is 9.03. The highest BCUT2D eigenvalue weighted by atomic mass is 32.2. The number of thiophene rings is 1. The molecule has 8 heteroatoms. The first kappa shape index (κ1) is 18.9. The molecule has 1 atom stereocenters. The minimum Gasteiger partial charge on any atom is -0.360 e. The Hall–Kier alpha value is -2.45. The molecule has 0 radical (unpaired) electrons. The number of sulfone groups is 1. The molecule has 2 aromatic heterocycles. The maximum absolute atomic E-state index is 13.0. The second kappa shape index (κ2) is 7.89. The second-order valence-electron chi connectivity index (χ2n) is 6.88. The lowest BCUT2D eigenvalue weighted by Crippen LogP contribution is -2.41. The monoisotopic (exact) mass is 416 g/mol. The minimum atomic E-state index is -3.08. The van der Waals surface area contributed by atoms with Gasteiger partial charge in [-0.1, -0.05) is 41.6 Å². The molecule has 0 aliphatic carbocycles. The highest BCUT2D eigenvalue weighted by Crippen LogP contribution is 2.24. The summed E-state index contributed by atoms with van der Waals surface area (Å²) in [5, 5.41) is 6.01. The summed E-state index contributed by atoms with van der Waals surface area (Å²) in [6, 6.07) is 15.0. The smallest absolute Gasteiger partial charge is 0.230 e. The molecule has 1 aliphatic rings. The molecule has 6 nitrogen and oxygen atoms in total. The zero-order chi connectivity index (χ0) is 19.6. The SMILES string of the molecule is O=C(Cc1cc(-c2ccccc2)no1)N(Cc1cccs1)C1CCS(=O)(=O)C1. The number of carbonyl (C=O) groups excluding carboxylic acids is 1. The number of rotatable bonds is 6. The molecule has 0 spiro atoms. The first-order valence-corrected chi connectivity index (χ1v) is 11.7. The molecule has 1 aromatic carbocycles. The van der Waals surface area contributed by atoms with Crippen LogP contribution in [0.5, 0.6) is 0 Å².